The number of fused-ring (bicyclic) bond motifs is 8. The molecule has 226 valence electrons. The van der Waals surface area contributed by atoms with Crippen molar-refractivity contribution < 1.29 is 8.83 Å². The van der Waals surface area contributed by atoms with Crippen molar-refractivity contribution in [1.82, 2.24) is 5.32 Å². The average molecular weight is 618 g/mol. The largest absolute Gasteiger partial charge is 0.456 e. The molecule has 0 unspecified atom stereocenters. The van der Waals surface area contributed by atoms with Gasteiger partial charge >= 0.3 is 0 Å². The smallest absolute Gasteiger partial charge is 0.169 e. The van der Waals surface area contributed by atoms with Crippen LogP contribution in [0, 0.1) is 0 Å². The molecule has 5 nitrogen and oxygen atoms in total. The van der Waals surface area contributed by atoms with Gasteiger partial charge in [0.2, 0.25) is 0 Å². The Morgan fingerprint density at radius 3 is 1.88 bits per heavy atom. The van der Waals surface area contributed by atoms with E-state index in [0.29, 0.717) is 0 Å². The van der Waals surface area contributed by atoms with Crippen LogP contribution in [0.3, 0.4) is 0 Å². The summed E-state index contributed by atoms with van der Waals surface area (Å²) in [7, 11) is 0. The molecule has 1 aliphatic rings. The van der Waals surface area contributed by atoms with Crippen molar-refractivity contribution in [1.29, 1.82) is 0 Å². The SMILES string of the molecule is c1ccc(C2=NC(c3cc(-c4cccc5oc6c7ccccc7ccc6c45)c4c(c3)oc3ccccc34)N=C(c3ccccc3)N2)cc1. The van der Waals surface area contributed by atoms with Crippen molar-refractivity contribution in [2.24, 2.45) is 9.98 Å². The summed E-state index contributed by atoms with van der Waals surface area (Å²) >= 11 is 0. The molecule has 0 aliphatic carbocycles. The van der Waals surface area contributed by atoms with Crippen LogP contribution in [0.2, 0.25) is 0 Å². The van der Waals surface area contributed by atoms with Gasteiger partial charge in [-0.3, -0.25) is 0 Å². The zero-order valence-corrected chi connectivity index (χ0v) is 25.7. The summed E-state index contributed by atoms with van der Waals surface area (Å²) in [4.78, 5) is 10.4. The lowest BCUT2D eigenvalue weighted by atomic mass is 9.92. The van der Waals surface area contributed by atoms with Crippen LogP contribution in [0.15, 0.2) is 170 Å². The fourth-order valence-electron chi connectivity index (χ4n) is 7.10. The molecule has 0 radical (unpaired) electrons. The van der Waals surface area contributed by atoms with Gasteiger partial charge in [-0.05, 0) is 46.8 Å². The minimum atomic E-state index is -0.503. The summed E-state index contributed by atoms with van der Waals surface area (Å²) in [5.41, 5.74) is 8.45. The average Bonchev–Trinajstić information content (AvgIpc) is 3.74. The van der Waals surface area contributed by atoms with Crippen molar-refractivity contribution in [2.75, 3.05) is 0 Å². The Hall–Kier alpha value is -6.46. The highest BCUT2D eigenvalue weighted by Gasteiger charge is 2.25. The molecule has 9 aromatic rings. The van der Waals surface area contributed by atoms with Crippen LogP contribution in [0.1, 0.15) is 22.9 Å². The first-order chi connectivity index (χ1) is 23.8. The fourth-order valence-corrected chi connectivity index (χ4v) is 7.10. The first kappa shape index (κ1) is 26.7. The van der Waals surface area contributed by atoms with Gasteiger partial charge in [-0.25, -0.2) is 9.98 Å². The Kier molecular flexibility index (Phi) is 5.87. The van der Waals surface area contributed by atoms with Crippen LogP contribution in [0.5, 0.6) is 0 Å². The van der Waals surface area contributed by atoms with Gasteiger partial charge in [0, 0.05) is 43.6 Å². The molecule has 0 atom stereocenters. The lowest BCUT2D eigenvalue weighted by Gasteiger charge is -2.23. The van der Waals surface area contributed by atoms with Crippen LogP contribution in [0.4, 0.5) is 0 Å². The number of benzene rings is 7. The molecule has 0 bridgehead atoms. The Labute approximate surface area is 275 Å². The fraction of sp³-hybridized carbons (Fsp3) is 0.0233. The van der Waals surface area contributed by atoms with Crippen molar-refractivity contribution >= 4 is 66.3 Å². The van der Waals surface area contributed by atoms with Crippen LogP contribution >= 0.6 is 0 Å². The van der Waals surface area contributed by atoms with E-state index in [1.165, 1.54) is 0 Å². The zero-order chi connectivity index (χ0) is 31.6. The standard InChI is InChI=1S/C43H27N3O2/c1-3-13-27(14-4-1)41-44-42(28-15-5-2-6-16-28)46-43(45-41)29-24-34(39-32-18-9-10-20-35(32)47-37(39)25-29)31-19-11-21-36-38(31)33-23-22-26-12-7-8-17-30(26)40(33)48-36/h1-25,43H,(H,44,45,46). The van der Waals surface area contributed by atoms with Gasteiger partial charge in [0.05, 0.1) is 0 Å². The second-order valence-electron chi connectivity index (χ2n) is 12.2. The van der Waals surface area contributed by atoms with Gasteiger partial charge in [-0.1, -0.05) is 121 Å². The van der Waals surface area contributed by atoms with E-state index in [-0.39, 0.29) is 0 Å². The number of para-hydroxylation sites is 1. The zero-order valence-electron chi connectivity index (χ0n) is 25.7. The monoisotopic (exact) mass is 617 g/mol. The third-order valence-electron chi connectivity index (χ3n) is 9.31. The maximum absolute atomic E-state index is 6.61. The van der Waals surface area contributed by atoms with E-state index >= 15 is 0 Å². The van der Waals surface area contributed by atoms with Crippen LogP contribution < -0.4 is 5.32 Å². The predicted molar refractivity (Wildman–Crippen MR) is 196 cm³/mol. The highest BCUT2D eigenvalue weighted by atomic mass is 16.3. The molecule has 10 rings (SSSR count). The normalized spacial score (nSPS) is 13.8. The maximum Gasteiger partial charge on any atom is 0.169 e. The second kappa shape index (κ2) is 10.5. The Morgan fingerprint density at radius 2 is 1.10 bits per heavy atom. The number of rotatable bonds is 4. The summed E-state index contributed by atoms with van der Waals surface area (Å²) in [5, 5.41) is 10.1. The van der Waals surface area contributed by atoms with Crippen LogP contribution in [0.25, 0.3) is 65.8 Å². The third kappa shape index (κ3) is 4.18. The molecule has 0 saturated heterocycles. The van der Waals surface area contributed by atoms with Crippen molar-refractivity contribution in [3.8, 4) is 11.1 Å². The van der Waals surface area contributed by atoms with E-state index in [0.717, 1.165) is 94.1 Å². The molecule has 2 aromatic heterocycles. The quantitative estimate of drug-likeness (QED) is 0.214. The molecule has 5 heteroatoms. The van der Waals surface area contributed by atoms with Gasteiger partial charge in [-0.15, -0.1) is 0 Å². The number of hydrogen-bond donors (Lipinski definition) is 1. The molecule has 0 fully saturated rings. The summed E-state index contributed by atoms with van der Waals surface area (Å²) in [6, 6.07) is 52.1. The molecule has 1 aliphatic heterocycles. The highest BCUT2D eigenvalue weighted by molar-refractivity contribution is 6.22. The van der Waals surface area contributed by atoms with Gasteiger partial charge in [0.25, 0.3) is 0 Å². The maximum atomic E-state index is 6.61. The van der Waals surface area contributed by atoms with Crippen LogP contribution in [-0.2, 0) is 0 Å². The first-order valence-corrected chi connectivity index (χ1v) is 16.1. The summed E-state index contributed by atoms with van der Waals surface area (Å²) in [6.07, 6.45) is -0.503. The van der Waals surface area contributed by atoms with E-state index in [2.05, 4.69) is 108 Å². The molecular formula is C43H27N3O2. The molecule has 7 aromatic carbocycles. The number of amidine groups is 2. The summed E-state index contributed by atoms with van der Waals surface area (Å²) in [6.45, 7) is 0. The van der Waals surface area contributed by atoms with Gasteiger partial charge in [0.1, 0.15) is 34.0 Å². The van der Waals surface area contributed by atoms with E-state index in [9.17, 15) is 0 Å². The number of nitrogens with zero attached hydrogens (tertiary/aromatic N) is 2. The number of hydrogen-bond acceptors (Lipinski definition) is 5. The van der Waals surface area contributed by atoms with Gasteiger partial charge < -0.3 is 14.2 Å². The summed E-state index contributed by atoms with van der Waals surface area (Å²) < 4.78 is 13.2. The minimum absolute atomic E-state index is 0.503. The molecule has 0 spiro atoms. The topological polar surface area (TPSA) is 63.0 Å². The van der Waals surface area contributed by atoms with Crippen molar-refractivity contribution in [3.05, 3.63) is 168 Å². The predicted octanol–water partition coefficient (Wildman–Crippen LogP) is 10.8. The highest BCUT2D eigenvalue weighted by Crippen LogP contribution is 2.45. The van der Waals surface area contributed by atoms with E-state index in [4.69, 9.17) is 18.8 Å². The molecule has 1 N–H and O–H groups in total. The lowest BCUT2D eigenvalue weighted by molar-refractivity contribution is 0.665. The van der Waals surface area contributed by atoms with Crippen molar-refractivity contribution in [3.63, 3.8) is 0 Å². The second-order valence-corrected chi connectivity index (χ2v) is 12.2. The Bertz CT molecular complexity index is 2700. The summed E-state index contributed by atoms with van der Waals surface area (Å²) in [5.74, 6) is 1.55. The Morgan fingerprint density at radius 1 is 0.458 bits per heavy atom. The van der Waals surface area contributed by atoms with Crippen LogP contribution in [-0.4, -0.2) is 11.7 Å². The molecule has 48 heavy (non-hydrogen) atoms. The Balaban J connectivity index is 1.26. The first-order valence-electron chi connectivity index (χ1n) is 16.1. The number of nitrogens with one attached hydrogen (secondary N) is 1. The molecule has 0 amide bonds. The van der Waals surface area contributed by atoms with E-state index in [1.54, 1.807) is 0 Å². The molecular weight excluding hydrogens is 590 g/mol. The van der Waals surface area contributed by atoms with E-state index in [1.807, 2.05) is 48.5 Å². The molecule has 3 heterocycles. The van der Waals surface area contributed by atoms with Crippen molar-refractivity contribution in [2.45, 2.75) is 6.17 Å². The number of aliphatic imine (C=N–C) groups is 2. The number of furan rings is 2. The third-order valence-corrected chi connectivity index (χ3v) is 9.31. The van der Waals surface area contributed by atoms with Gasteiger partial charge in [0.15, 0.2) is 6.17 Å². The molecule has 0 saturated carbocycles. The van der Waals surface area contributed by atoms with Gasteiger partial charge in [-0.2, -0.15) is 0 Å². The minimum Gasteiger partial charge on any atom is -0.456 e. The van der Waals surface area contributed by atoms with E-state index < -0.39 is 6.17 Å². The lowest BCUT2D eigenvalue weighted by Crippen LogP contribution is -2.36.